The minimum atomic E-state index is -1.03. The molecule has 388 valence electrons. The number of hydrogen-bond donors (Lipinski definition) is 5. The lowest BCUT2D eigenvalue weighted by atomic mass is 9.98. The molecule has 5 heterocycles. The van der Waals surface area contributed by atoms with Crippen LogP contribution in [0.4, 0.5) is 17.8 Å². The number of nitrogens with two attached hydrogens (primary N) is 2. The Morgan fingerprint density at radius 1 is 0.686 bits per heavy atom. The van der Waals surface area contributed by atoms with Crippen molar-refractivity contribution in [2.24, 2.45) is 23.3 Å². The number of hydrogen-bond acceptors (Lipinski definition) is 19. The highest BCUT2D eigenvalue weighted by molar-refractivity contribution is 5.85. The van der Waals surface area contributed by atoms with Gasteiger partial charge in [0.05, 0.1) is 68.9 Å². The van der Waals surface area contributed by atoms with E-state index >= 15 is 0 Å². The molecule has 2 amide bonds. The standard InChI is InChI=1S/C44H70N16O9.ClH/c1-6-22-67-24-26-69-27-25-68-23-13-47-42-48-43(57-18-14-55(15-19-57)40(65)34(9-11-36(61)62)59-28-32(51-53-59)38(45)30(4)7-2)50-44(49-42)58-20-16-56(17-21-58)41(66)35(10-12-37(63)64)60-29-33(52-54-60)39(46)31(5)8-3;/h1,28-31,34-35,38-39H,7-27,45-46H2,2-5H3,(H,61,62)(H,63,64)(H,47,48,49,50);1H/t30-,31-,34+,35+,38?,39?;/m1./s1. The summed E-state index contributed by atoms with van der Waals surface area (Å²) >= 11 is 0. The molecule has 2 aliphatic heterocycles. The second-order valence-corrected chi connectivity index (χ2v) is 17.3. The molecule has 3 aromatic heterocycles. The van der Waals surface area contributed by atoms with E-state index in [1.54, 1.807) is 22.2 Å². The van der Waals surface area contributed by atoms with Crippen LogP contribution in [-0.2, 0) is 33.4 Å². The normalized spacial score (nSPS) is 16.6. The number of rotatable bonds is 29. The van der Waals surface area contributed by atoms with Gasteiger partial charge < -0.3 is 60.8 Å². The van der Waals surface area contributed by atoms with Crippen LogP contribution in [0.2, 0.25) is 0 Å². The maximum atomic E-state index is 14.1. The topological polar surface area (TPSA) is 314 Å². The van der Waals surface area contributed by atoms with E-state index in [0.717, 1.165) is 12.8 Å². The number of nitrogens with zero attached hydrogens (tertiary/aromatic N) is 13. The van der Waals surface area contributed by atoms with Crippen LogP contribution in [0.3, 0.4) is 0 Å². The van der Waals surface area contributed by atoms with Gasteiger partial charge in [-0.15, -0.1) is 29.0 Å². The predicted octanol–water partition coefficient (Wildman–Crippen LogP) is 1.17. The van der Waals surface area contributed by atoms with Crippen molar-refractivity contribution in [3.8, 4) is 12.3 Å². The Kier molecular flexibility index (Phi) is 23.4. The summed E-state index contributed by atoms with van der Waals surface area (Å²) in [5.41, 5.74) is 13.9. The third-order valence-electron chi connectivity index (χ3n) is 12.5. The molecule has 2 saturated heterocycles. The molecule has 7 N–H and O–H groups in total. The first-order valence-corrected chi connectivity index (χ1v) is 23.8. The van der Waals surface area contributed by atoms with Crippen LogP contribution in [0.5, 0.6) is 0 Å². The van der Waals surface area contributed by atoms with Crippen molar-refractivity contribution >= 4 is 54.0 Å². The summed E-state index contributed by atoms with van der Waals surface area (Å²) < 4.78 is 19.3. The fourth-order valence-electron chi connectivity index (χ4n) is 7.74. The van der Waals surface area contributed by atoms with Crippen LogP contribution in [0.1, 0.15) is 102 Å². The van der Waals surface area contributed by atoms with Crippen molar-refractivity contribution in [1.82, 2.24) is 54.7 Å². The molecule has 6 atom stereocenters. The summed E-state index contributed by atoms with van der Waals surface area (Å²) in [6, 6.07) is -2.55. The Hall–Kier alpha value is -5.78. The quantitative estimate of drug-likeness (QED) is 0.0481. The summed E-state index contributed by atoms with van der Waals surface area (Å²) in [6.07, 6.45) is 9.70. The van der Waals surface area contributed by atoms with Gasteiger partial charge in [-0.25, -0.2) is 9.36 Å². The number of amides is 2. The highest BCUT2D eigenvalue weighted by Crippen LogP contribution is 2.27. The molecule has 0 aromatic carbocycles. The minimum absolute atomic E-state index is 0. The van der Waals surface area contributed by atoms with Crippen molar-refractivity contribution in [1.29, 1.82) is 0 Å². The second-order valence-electron chi connectivity index (χ2n) is 17.3. The third-order valence-corrected chi connectivity index (χ3v) is 12.5. The first-order chi connectivity index (χ1) is 33.2. The lowest BCUT2D eigenvalue weighted by Crippen LogP contribution is -2.52. The molecule has 0 spiro atoms. The van der Waals surface area contributed by atoms with Gasteiger partial charge in [0.2, 0.25) is 29.7 Å². The molecule has 0 radical (unpaired) electrons. The number of aromatic nitrogens is 9. The van der Waals surface area contributed by atoms with E-state index in [0.29, 0.717) is 121 Å². The number of aliphatic carboxylic acids is 2. The van der Waals surface area contributed by atoms with Gasteiger partial charge in [0.15, 0.2) is 0 Å². The van der Waals surface area contributed by atoms with Gasteiger partial charge in [0.25, 0.3) is 0 Å². The average Bonchev–Trinajstić information content (AvgIpc) is 4.06. The van der Waals surface area contributed by atoms with Gasteiger partial charge in [0.1, 0.15) is 18.7 Å². The zero-order valence-electron chi connectivity index (χ0n) is 40.7. The van der Waals surface area contributed by atoms with Crippen molar-refractivity contribution in [2.45, 2.75) is 90.4 Å². The highest BCUT2D eigenvalue weighted by atomic mass is 35.5. The van der Waals surface area contributed by atoms with Gasteiger partial charge in [0, 0.05) is 71.7 Å². The largest absolute Gasteiger partial charge is 0.481 e. The number of carboxylic acids is 2. The lowest BCUT2D eigenvalue weighted by Gasteiger charge is -2.38. The SMILES string of the molecule is C#CCOCCOCCOCCNc1nc(N2CCN(C(=O)[C@H](CCC(=O)O)n3cc(C(N)[C@H](C)CC)nn3)CC2)nc(N2CCN(C(=O)[C@H](CCC(=O)O)n3cc(C(N)[C@H](C)CC)nn3)CC2)n1.Cl. The van der Waals surface area contributed by atoms with Crippen LogP contribution in [0.15, 0.2) is 12.4 Å². The maximum Gasteiger partial charge on any atom is 0.303 e. The van der Waals surface area contributed by atoms with E-state index in [4.69, 9.17) is 47.1 Å². The monoisotopic (exact) mass is 1000 g/mol. The molecule has 0 saturated carbocycles. The number of anilines is 3. The number of carbonyl (C=O) groups is 4. The van der Waals surface area contributed by atoms with Crippen LogP contribution in [0.25, 0.3) is 0 Å². The van der Waals surface area contributed by atoms with Crippen LogP contribution in [-0.4, -0.2) is 187 Å². The van der Waals surface area contributed by atoms with Gasteiger partial charge >= 0.3 is 11.9 Å². The molecule has 70 heavy (non-hydrogen) atoms. The second kappa shape index (κ2) is 28.8. The van der Waals surface area contributed by atoms with Gasteiger partial charge in [-0.1, -0.05) is 56.9 Å². The Balaban J connectivity index is 0.0000107. The van der Waals surface area contributed by atoms with E-state index in [-0.39, 0.29) is 80.4 Å². The summed E-state index contributed by atoms with van der Waals surface area (Å²) in [5, 5.41) is 39.2. The number of carboxylic acid groups (broad SMARTS) is 2. The van der Waals surface area contributed by atoms with Crippen LogP contribution in [0, 0.1) is 24.2 Å². The van der Waals surface area contributed by atoms with Crippen molar-refractivity contribution in [2.75, 3.05) is 114 Å². The molecule has 25 nitrogen and oxygen atoms in total. The Bertz CT molecular complexity index is 2020. The molecule has 2 aliphatic rings. The molecular formula is C44H71ClN16O9. The predicted molar refractivity (Wildman–Crippen MR) is 259 cm³/mol. The summed E-state index contributed by atoms with van der Waals surface area (Å²) in [5.74, 6) is 1.11. The fraction of sp³-hybridized carbons (Fsp3) is 0.705. The fourth-order valence-corrected chi connectivity index (χ4v) is 7.74. The van der Waals surface area contributed by atoms with Crippen LogP contribution < -0.4 is 26.6 Å². The Labute approximate surface area is 414 Å². The van der Waals surface area contributed by atoms with Gasteiger partial charge in [-0.3, -0.25) is 19.2 Å². The molecular weight excluding hydrogens is 932 g/mol. The van der Waals surface area contributed by atoms with E-state index in [2.05, 4.69) is 31.9 Å². The molecule has 2 fully saturated rings. The zero-order valence-corrected chi connectivity index (χ0v) is 41.5. The summed E-state index contributed by atoms with van der Waals surface area (Å²) in [4.78, 5) is 73.2. The Morgan fingerprint density at radius 3 is 1.50 bits per heavy atom. The molecule has 2 unspecified atom stereocenters. The van der Waals surface area contributed by atoms with Crippen LogP contribution >= 0.6 is 12.4 Å². The van der Waals surface area contributed by atoms with E-state index < -0.39 is 24.0 Å². The highest BCUT2D eigenvalue weighted by Gasteiger charge is 2.34. The van der Waals surface area contributed by atoms with Crippen molar-refractivity contribution < 1.29 is 43.6 Å². The van der Waals surface area contributed by atoms with E-state index in [1.165, 1.54) is 9.36 Å². The number of halogens is 1. The molecule has 26 heteroatoms. The third kappa shape index (κ3) is 16.4. The van der Waals surface area contributed by atoms with Gasteiger partial charge in [-0.2, -0.15) is 15.0 Å². The first kappa shape index (κ1) is 56.8. The average molecular weight is 1000 g/mol. The molecule has 5 rings (SSSR count). The van der Waals surface area contributed by atoms with Crippen molar-refractivity contribution in [3.63, 3.8) is 0 Å². The number of nitrogens with one attached hydrogen (secondary N) is 1. The smallest absolute Gasteiger partial charge is 0.303 e. The van der Waals surface area contributed by atoms with Gasteiger partial charge in [-0.05, 0) is 24.7 Å². The summed E-state index contributed by atoms with van der Waals surface area (Å²) in [7, 11) is 0. The number of ether oxygens (including phenoxy) is 3. The number of piperazine rings is 2. The Morgan fingerprint density at radius 2 is 1.10 bits per heavy atom. The summed E-state index contributed by atoms with van der Waals surface area (Å²) in [6.45, 7) is 13.2. The van der Waals surface area contributed by atoms with E-state index in [9.17, 15) is 29.4 Å². The zero-order chi connectivity index (χ0) is 49.9. The molecule has 3 aromatic rings. The maximum absolute atomic E-state index is 14.1. The first-order valence-electron chi connectivity index (χ1n) is 23.8. The lowest BCUT2D eigenvalue weighted by molar-refractivity contribution is -0.140. The van der Waals surface area contributed by atoms with Crippen molar-refractivity contribution in [3.05, 3.63) is 23.8 Å². The minimum Gasteiger partial charge on any atom is -0.481 e. The molecule has 0 aliphatic carbocycles. The van der Waals surface area contributed by atoms with E-state index in [1.807, 2.05) is 37.5 Å². The molecule has 0 bridgehead atoms. The number of terminal acetylenes is 1. The number of carbonyl (C=O) groups excluding carboxylic acids is 2.